The molecule has 0 aromatic carbocycles. The summed E-state index contributed by atoms with van der Waals surface area (Å²) in [6.07, 6.45) is 5.43. The maximum Gasteiger partial charge on any atom is 0.410 e. The molecule has 5 nitrogen and oxygen atoms in total. The van der Waals surface area contributed by atoms with Crippen LogP contribution in [0.3, 0.4) is 0 Å². The van der Waals surface area contributed by atoms with Gasteiger partial charge in [-0.3, -0.25) is 0 Å². The number of amides is 1. The Kier molecular flexibility index (Phi) is 5.28. The zero-order valence-electron chi connectivity index (χ0n) is 13.2. The number of nitrogens with zero attached hydrogens (tertiary/aromatic N) is 1. The Balaban J connectivity index is 1.74. The van der Waals surface area contributed by atoms with E-state index in [9.17, 15) is 4.79 Å². The second-order valence-corrected chi connectivity index (χ2v) is 6.70. The van der Waals surface area contributed by atoms with E-state index in [2.05, 4.69) is 5.32 Å². The molecule has 2 rings (SSSR count). The van der Waals surface area contributed by atoms with Crippen LogP contribution in [0.5, 0.6) is 0 Å². The first-order valence-corrected chi connectivity index (χ1v) is 7.64. The standard InChI is InChI=1S/C16H26N2O3/c1-16(2,3)21-15(19)18-7-4-5-13(11-18)9-17-10-14-6-8-20-12-14/h6,8,12-13,17H,4-5,7,9-11H2,1-3H3. The van der Waals surface area contributed by atoms with Crippen LogP contribution in [0.2, 0.25) is 0 Å². The number of rotatable bonds is 4. The van der Waals surface area contributed by atoms with E-state index in [-0.39, 0.29) is 6.09 Å². The van der Waals surface area contributed by atoms with Gasteiger partial charge in [0.2, 0.25) is 0 Å². The predicted molar refractivity (Wildman–Crippen MR) is 80.9 cm³/mol. The van der Waals surface area contributed by atoms with Crippen LogP contribution in [0.25, 0.3) is 0 Å². The van der Waals surface area contributed by atoms with E-state index >= 15 is 0 Å². The van der Waals surface area contributed by atoms with Crippen molar-refractivity contribution in [2.24, 2.45) is 5.92 Å². The first-order valence-electron chi connectivity index (χ1n) is 7.64. The third-order valence-corrected chi connectivity index (χ3v) is 3.51. The Morgan fingerprint density at radius 3 is 3.00 bits per heavy atom. The number of piperidine rings is 1. The fraction of sp³-hybridized carbons (Fsp3) is 0.688. The van der Waals surface area contributed by atoms with Gasteiger partial charge in [0.05, 0.1) is 12.5 Å². The van der Waals surface area contributed by atoms with Gasteiger partial charge in [-0.15, -0.1) is 0 Å². The van der Waals surface area contributed by atoms with Crippen LogP contribution in [0.1, 0.15) is 39.2 Å². The van der Waals surface area contributed by atoms with E-state index in [1.165, 1.54) is 0 Å². The Morgan fingerprint density at radius 1 is 1.52 bits per heavy atom. The summed E-state index contributed by atoms with van der Waals surface area (Å²) in [6, 6.07) is 1.96. The fourth-order valence-electron chi connectivity index (χ4n) is 2.54. The number of furan rings is 1. The summed E-state index contributed by atoms with van der Waals surface area (Å²) in [5, 5.41) is 3.43. The van der Waals surface area contributed by atoms with Gasteiger partial charge in [-0.2, -0.15) is 0 Å². The van der Waals surface area contributed by atoms with Crippen LogP contribution >= 0.6 is 0 Å². The Morgan fingerprint density at radius 2 is 2.33 bits per heavy atom. The molecule has 21 heavy (non-hydrogen) atoms. The van der Waals surface area contributed by atoms with Crippen LogP contribution < -0.4 is 5.32 Å². The molecular weight excluding hydrogens is 268 g/mol. The van der Waals surface area contributed by atoms with Crippen molar-refractivity contribution in [1.82, 2.24) is 10.2 Å². The van der Waals surface area contributed by atoms with Crippen molar-refractivity contribution in [2.45, 2.75) is 45.8 Å². The van der Waals surface area contributed by atoms with E-state index in [1.54, 1.807) is 12.5 Å². The Labute approximate surface area is 126 Å². The quantitative estimate of drug-likeness (QED) is 0.927. The van der Waals surface area contributed by atoms with Crippen molar-refractivity contribution >= 4 is 6.09 Å². The monoisotopic (exact) mass is 294 g/mol. The van der Waals surface area contributed by atoms with Crippen molar-refractivity contribution in [2.75, 3.05) is 19.6 Å². The molecule has 0 saturated carbocycles. The van der Waals surface area contributed by atoms with Crippen LogP contribution in [-0.4, -0.2) is 36.2 Å². The lowest BCUT2D eigenvalue weighted by molar-refractivity contribution is 0.0166. The molecule has 1 fully saturated rings. The number of hydrogen-bond donors (Lipinski definition) is 1. The largest absolute Gasteiger partial charge is 0.472 e. The van der Waals surface area contributed by atoms with Gasteiger partial charge in [0, 0.05) is 25.2 Å². The normalized spacial score (nSPS) is 19.6. The first-order chi connectivity index (χ1) is 9.94. The molecule has 0 aliphatic carbocycles. The number of likely N-dealkylation sites (tertiary alicyclic amines) is 1. The van der Waals surface area contributed by atoms with Crippen molar-refractivity contribution in [3.05, 3.63) is 24.2 Å². The molecule has 1 atom stereocenters. The van der Waals surface area contributed by atoms with Gasteiger partial charge in [-0.25, -0.2) is 4.79 Å². The minimum atomic E-state index is -0.427. The van der Waals surface area contributed by atoms with Gasteiger partial charge in [0.25, 0.3) is 0 Å². The van der Waals surface area contributed by atoms with Crippen LogP contribution in [0.4, 0.5) is 4.79 Å². The Hall–Kier alpha value is -1.49. The van der Waals surface area contributed by atoms with E-state index in [0.29, 0.717) is 5.92 Å². The number of hydrogen-bond acceptors (Lipinski definition) is 4. The molecule has 118 valence electrons. The maximum absolute atomic E-state index is 12.1. The smallest absolute Gasteiger partial charge is 0.410 e. The molecule has 1 aliphatic heterocycles. The van der Waals surface area contributed by atoms with Gasteiger partial charge in [0.15, 0.2) is 0 Å². The number of nitrogens with one attached hydrogen (secondary N) is 1. The van der Waals surface area contributed by atoms with E-state index in [4.69, 9.17) is 9.15 Å². The zero-order chi connectivity index (χ0) is 15.3. The summed E-state index contributed by atoms with van der Waals surface area (Å²) in [5.74, 6) is 0.484. The highest BCUT2D eigenvalue weighted by molar-refractivity contribution is 5.68. The number of ether oxygens (including phenoxy) is 1. The summed E-state index contributed by atoms with van der Waals surface area (Å²) in [7, 11) is 0. The van der Waals surface area contributed by atoms with Crippen molar-refractivity contribution in [3.8, 4) is 0 Å². The molecule has 1 unspecified atom stereocenters. The zero-order valence-corrected chi connectivity index (χ0v) is 13.2. The van der Waals surface area contributed by atoms with Gasteiger partial charge in [0.1, 0.15) is 5.60 Å². The maximum atomic E-state index is 12.1. The highest BCUT2D eigenvalue weighted by Gasteiger charge is 2.27. The average molecular weight is 294 g/mol. The summed E-state index contributed by atoms with van der Waals surface area (Å²) in [5.41, 5.74) is 0.721. The topological polar surface area (TPSA) is 54.7 Å². The lowest BCUT2D eigenvalue weighted by Crippen LogP contribution is -2.44. The molecule has 0 spiro atoms. The lowest BCUT2D eigenvalue weighted by atomic mass is 9.98. The third-order valence-electron chi connectivity index (χ3n) is 3.51. The van der Waals surface area contributed by atoms with Crippen LogP contribution in [0, 0.1) is 5.92 Å². The van der Waals surface area contributed by atoms with Gasteiger partial charge >= 0.3 is 6.09 Å². The van der Waals surface area contributed by atoms with Crippen molar-refractivity contribution < 1.29 is 13.9 Å². The first kappa shape index (κ1) is 15.9. The molecule has 1 N–H and O–H groups in total. The van der Waals surface area contributed by atoms with Gasteiger partial charge in [-0.05, 0) is 52.1 Å². The van der Waals surface area contributed by atoms with E-state index < -0.39 is 5.60 Å². The SMILES string of the molecule is CC(C)(C)OC(=O)N1CCCC(CNCc2ccoc2)C1. The van der Waals surface area contributed by atoms with Gasteiger partial charge in [-0.1, -0.05) is 0 Å². The highest BCUT2D eigenvalue weighted by Crippen LogP contribution is 2.19. The van der Waals surface area contributed by atoms with E-state index in [0.717, 1.165) is 44.6 Å². The lowest BCUT2D eigenvalue weighted by Gasteiger charge is -2.34. The summed E-state index contributed by atoms with van der Waals surface area (Å²) < 4.78 is 10.5. The molecule has 1 amide bonds. The second-order valence-electron chi connectivity index (χ2n) is 6.70. The molecule has 0 bridgehead atoms. The molecule has 1 aromatic rings. The highest BCUT2D eigenvalue weighted by atomic mass is 16.6. The summed E-state index contributed by atoms with van der Waals surface area (Å²) in [6.45, 7) is 8.99. The molecule has 2 heterocycles. The minimum Gasteiger partial charge on any atom is -0.472 e. The Bertz CT molecular complexity index is 437. The molecule has 5 heteroatoms. The van der Waals surface area contributed by atoms with Crippen LogP contribution in [0.15, 0.2) is 23.0 Å². The molecular formula is C16H26N2O3. The minimum absolute atomic E-state index is 0.193. The van der Waals surface area contributed by atoms with E-state index in [1.807, 2.05) is 31.7 Å². The van der Waals surface area contributed by atoms with Crippen LogP contribution in [-0.2, 0) is 11.3 Å². The molecule has 1 aliphatic rings. The third kappa shape index (κ3) is 5.42. The fourth-order valence-corrected chi connectivity index (χ4v) is 2.54. The average Bonchev–Trinajstić information content (AvgIpc) is 2.90. The molecule has 0 radical (unpaired) electrons. The molecule has 1 saturated heterocycles. The molecule has 1 aromatic heterocycles. The summed E-state index contributed by atoms with van der Waals surface area (Å²) >= 11 is 0. The van der Waals surface area contributed by atoms with Crippen molar-refractivity contribution in [1.29, 1.82) is 0 Å². The van der Waals surface area contributed by atoms with Crippen molar-refractivity contribution in [3.63, 3.8) is 0 Å². The number of carbonyl (C=O) groups is 1. The predicted octanol–water partition coefficient (Wildman–Crippen LogP) is 3.02. The van der Waals surface area contributed by atoms with Gasteiger partial charge < -0.3 is 19.4 Å². The second kappa shape index (κ2) is 6.98. The summed E-state index contributed by atoms with van der Waals surface area (Å²) in [4.78, 5) is 13.9. The number of carbonyl (C=O) groups excluding carboxylic acids is 1.